The van der Waals surface area contributed by atoms with Crippen LogP contribution >= 0.6 is 0 Å². The second kappa shape index (κ2) is 6.87. The molecule has 2 N–H and O–H groups in total. The normalized spacial score (nSPS) is 12.4. The van der Waals surface area contributed by atoms with Crippen molar-refractivity contribution in [1.82, 2.24) is 29.6 Å². The molecular weight excluding hydrogens is 363 g/mol. The lowest BCUT2D eigenvalue weighted by atomic mass is 10.2. The number of nitrogens with zero attached hydrogens (tertiary/aromatic N) is 6. The summed E-state index contributed by atoms with van der Waals surface area (Å²) < 4.78 is 15.7. The van der Waals surface area contributed by atoms with Gasteiger partial charge in [-0.1, -0.05) is 6.07 Å². The van der Waals surface area contributed by atoms with Crippen LogP contribution in [0.2, 0.25) is 0 Å². The van der Waals surface area contributed by atoms with Crippen LogP contribution < -0.4 is 15.9 Å². The Hall–Kier alpha value is -3.56. The number of halogens is 1. The van der Waals surface area contributed by atoms with Crippen molar-refractivity contribution < 1.29 is 4.39 Å². The first kappa shape index (κ1) is 17.8. The van der Waals surface area contributed by atoms with Gasteiger partial charge in [0, 0.05) is 13.6 Å². The summed E-state index contributed by atoms with van der Waals surface area (Å²) in [6.45, 7) is 4.30. The fourth-order valence-corrected chi connectivity index (χ4v) is 3.09. The molecule has 28 heavy (non-hydrogen) atoms. The van der Waals surface area contributed by atoms with Crippen LogP contribution in [0.1, 0.15) is 25.7 Å². The number of rotatable bonds is 5. The minimum atomic E-state index is -0.588. The van der Waals surface area contributed by atoms with Crippen molar-refractivity contribution in [2.24, 2.45) is 0 Å². The van der Waals surface area contributed by atoms with Gasteiger partial charge in [0.15, 0.2) is 17.3 Å². The molecule has 144 valence electrons. The maximum atomic E-state index is 14.3. The predicted molar refractivity (Wildman–Crippen MR) is 104 cm³/mol. The average Bonchev–Trinajstić information content (AvgIpc) is 3.17. The molecule has 1 atom stereocenters. The topological polar surface area (TPSA) is 105 Å². The molecule has 0 saturated heterocycles. The highest BCUT2D eigenvalue weighted by atomic mass is 19.1. The molecule has 3 heterocycles. The monoisotopic (exact) mass is 382 g/mol. The van der Waals surface area contributed by atoms with Gasteiger partial charge in [-0.05, 0) is 26.0 Å². The summed E-state index contributed by atoms with van der Waals surface area (Å²) in [5.41, 5.74) is 1.04. The number of nitrogens with one attached hydrogen (secondary N) is 2. The Labute approximate surface area is 159 Å². The van der Waals surface area contributed by atoms with Crippen LogP contribution in [0.4, 0.5) is 10.2 Å². The van der Waals surface area contributed by atoms with E-state index >= 15 is 0 Å². The van der Waals surface area contributed by atoms with Crippen LogP contribution in [0.15, 0.2) is 35.6 Å². The number of anilines is 1. The molecule has 9 nitrogen and oxygen atoms in total. The van der Waals surface area contributed by atoms with E-state index in [-0.39, 0.29) is 5.39 Å². The summed E-state index contributed by atoms with van der Waals surface area (Å²) in [5, 5.41) is 4.91. The quantitative estimate of drug-likeness (QED) is 0.544. The molecule has 3 aromatic heterocycles. The molecule has 0 aliphatic carbocycles. The van der Waals surface area contributed by atoms with Crippen LogP contribution in [0, 0.1) is 5.82 Å². The maximum absolute atomic E-state index is 14.3. The van der Waals surface area contributed by atoms with Gasteiger partial charge in [-0.15, -0.1) is 0 Å². The summed E-state index contributed by atoms with van der Waals surface area (Å²) in [7, 11) is 1.75. The zero-order chi connectivity index (χ0) is 19.8. The van der Waals surface area contributed by atoms with Gasteiger partial charge < -0.3 is 15.3 Å². The Bertz CT molecular complexity index is 1220. The molecule has 0 saturated carbocycles. The van der Waals surface area contributed by atoms with Gasteiger partial charge >= 0.3 is 0 Å². The van der Waals surface area contributed by atoms with Gasteiger partial charge in [-0.25, -0.2) is 29.0 Å². The first-order valence-corrected chi connectivity index (χ1v) is 8.84. The zero-order valence-corrected chi connectivity index (χ0v) is 15.6. The van der Waals surface area contributed by atoms with Crippen molar-refractivity contribution in [2.75, 3.05) is 23.9 Å². The van der Waals surface area contributed by atoms with Crippen LogP contribution in [0.3, 0.4) is 0 Å². The van der Waals surface area contributed by atoms with E-state index in [2.05, 4.69) is 30.2 Å². The van der Waals surface area contributed by atoms with Crippen molar-refractivity contribution in [2.45, 2.75) is 19.9 Å². The van der Waals surface area contributed by atoms with E-state index in [1.165, 1.54) is 23.4 Å². The molecule has 10 heteroatoms. The molecule has 0 fully saturated rings. The number of fused-ring (bicyclic) bond motifs is 2. The molecule has 4 aromatic rings. The summed E-state index contributed by atoms with van der Waals surface area (Å²) in [5.74, 6) is 0.392. The zero-order valence-electron chi connectivity index (χ0n) is 15.6. The third kappa shape index (κ3) is 2.82. The number of imidazole rings is 1. The Morgan fingerprint density at radius 3 is 2.93 bits per heavy atom. The van der Waals surface area contributed by atoms with Gasteiger partial charge in [0.1, 0.15) is 23.0 Å². The Morgan fingerprint density at radius 2 is 2.14 bits per heavy atom. The standard InChI is InChI=1S/C18H19FN8O/c1-4-26(3)27-17(25-12-7-5-6-11(19)13(12)18(27)28)10(2)24-16-14-15(21-8-20-14)22-9-23-16/h5-10H,4H2,1-3H3,(H2,20,21,22,23,24). The molecule has 1 aromatic carbocycles. The van der Waals surface area contributed by atoms with Crippen molar-refractivity contribution in [3.05, 3.63) is 52.8 Å². The van der Waals surface area contributed by atoms with Gasteiger partial charge in [0.2, 0.25) is 0 Å². The van der Waals surface area contributed by atoms with Gasteiger partial charge in [0.25, 0.3) is 5.56 Å². The van der Waals surface area contributed by atoms with Crippen molar-refractivity contribution in [3.63, 3.8) is 0 Å². The molecule has 0 bridgehead atoms. The van der Waals surface area contributed by atoms with Gasteiger partial charge in [-0.3, -0.25) is 4.79 Å². The molecular formula is C18H19FN8O. The fourth-order valence-electron chi connectivity index (χ4n) is 3.09. The summed E-state index contributed by atoms with van der Waals surface area (Å²) in [4.78, 5) is 33.1. The van der Waals surface area contributed by atoms with Gasteiger partial charge in [-0.2, -0.15) is 0 Å². The Kier molecular flexibility index (Phi) is 4.38. The van der Waals surface area contributed by atoms with Crippen LogP contribution in [-0.4, -0.2) is 43.2 Å². The van der Waals surface area contributed by atoms with Crippen molar-refractivity contribution in [3.8, 4) is 0 Å². The molecule has 0 spiro atoms. The lowest BCUT2D eigenvalue weighted by Crippen LogP contribution is -2.43. The molecule has 0 aliphatic heterocycles. The van der Waals surface area contributed by atoms with Crippen LogP contribution in [0.25, 0.3) is 22.1 Å². The third-order valence-electron chi connectivity index (χ3n) is 4.61. The largest absolute Gasteiger partial charge is 0.358 e. The average molecular weight is 382 g/mol. The third-order valence-corrected chi connectivity index (χ3v) is 4.61. The minimum absolute atomic E-state index is 0.0308. The lowest BCUT2D eigenvalue weighted by Gasteiger charge is -2.26. The van der Waals surface area contributed by atoms with E-state index in [4.69, 9.17) is 0 Å². The number of aromatic nitrogens is 6. The van der Waals surface area contributed by atoms with Crippen molar-refractivity contribution in [1.29, 1.82) is 0 Å². The number of H-pyrrole nitrogens is 1. The second-order valence-electron chi connectivity index (χ2n) is 6.38. The first-order valence-electron chi connectivity index (χ1n) is 8.84. The number of hydrogen-bond donors (Lipinski definition) is 2. The molecule has 0 radical (unpaired) electrons. The minimum Gasteiger partial charge on any atom is -0.358 e. The summed E-state index contributed by atoms with van der Waals surface area (Å²) >= 11 is 0. The summed E-state index contributed by atoms with van der Waals surface area (Å²) in [6, 6.07) is 4.03. The lowest BCUT2D eigenvalue weighted by molar-refractivity contribution is 0.573. The second-order valence-corrected chi connectivity index (χ2v) is 6.38. The van der Waals surface area contributed by atoms with E-state index in [1.54, 1.807) is 24.2 Å². The van der Waals surface area contributed by atoms with Crippen LogP contribution in [0.5, 0.6) is 0 Å². The smallest absolute Gasteiger partial charge is 0.283 e. The highest BCUT2D eigenvalue weighted by Gasteiger charge is 2.21. The molecule has 0 aliphatic rings. The highest BCUT2D eigenvalue weighted by Crippen LogP contribution is 2.22. The maximum Gasteiger partial charge on any atom is 0.283 e. The van der Waals surface area contributed by atoms with Crippen LogP contribution in [-0.2, 0) is 0 Å². The molecule has 4 rings (SSSR count). The summed E-state index contributed by atoms with van der Waals surface area (Å²) in [6.07, 6.45) is 2.94. The molecule has 1 unspecified atom stereocenters. The molecule has 0 amide bonds. The number of aromatic amines is 1. The Morgan fingerprint density at radius 1 is 1.32 bits per heavy atom. The number of hydrogen-bond acceptors (Lipinski definition) is 7. The van der Waals surface area contributed by atoms with E-state index in [9.17, 15) is 9.18 Å². The van der Waals surface area contributed by atoms with E-state index in [0.29, 0.717) is 34.9 Å². The first-order chi connectivity index (χ1) is 13.5. The van der Waals surface area contributed by atoms with Crippen molar-refractivity contribution >= 4 is 27.9 Å². The number of benzene rings is 1. The van der Waals surface area contributed by atoms with Gasteiger partial charge in [0.05, 0.1) is 17.9 Å². The predicted octanol–water partition coefficient (Wildman–Crippen LogP) is 1.96. The van der Waals surface area contributed by atoms with E-state index < -0.39 is 17.4 Å². The van der Waals surface area contributed by atoms with E-state index in [0.717, 1.165) is 0 Å². The van der Waals surface area contributed by atoms with E-state index in [1.807, 2.05) is 13.8 Å². The highest BCUT2D eigenvalue weighted by molar-refractivity contribution is 5.82. The Balaban J connectivity index is 1.87. The SMILES string of the molecule is CCN(C)n1c(C(C)Nc2ncnc3nc[nH]c23)nc2cccc(F)c2c1=O. The fraction of sp³-hybridized carbons (Fsp3) is 0.278.